The second kappa shape index (κ2) is 7.76. The normalized spacial score (nSPS) is 13.8. The number of aromatic nitrogens is 3. The van der Waals surface area contributed by atoms with Gasteiger partial charge in [0.05, 0.1) is 12.3 Å². The third kappa shape index (κ3) is 4.87. The topological polar surface area (TPSA) is 91.2 Å². The Balaban J connectivity index is 1.95. The van der Waals surface area contributed by atoms with E-state index < -0.39 is 24.1 Å². The summed E-state index contributed by atoms with van der Waals surface area (Å²) < 4.78 is 38.6. The van der Waals surface area contributed by atoms with E-state index in [4.69, 9.17) is 0 Å². The van der Waals surface area contributed by atoms with Crippen LogP contribution >= 0.6 is 0 Å². The average Bonchev–Trinajstić information content (AvgIpc) is 2.67. The fraction of sp³-hybridized carbons (Fsp3) is 0.250. The Kier molecular flexibility index (Phi) is 5.54. The zero-order valence-corrected chi connectivity index (χ0v) is 15.7. The number of nitrogens with one attached hydrogen (secondary N) is 1. The van der Waals surface area contributed by atoms with Gasteiger partial charge in [-0.25, -0.2) is 9.97 Å². The molecule has 1 atom stereocenters. The summed E-state index contributed by atoms with van der Waals surface area (Å²) >= 11 is 0. The molecular weight excluding hydrogens is 385 g/mol. The Morgan fingerprint density at radius 1 is 0.966 bits per heavy atom. The van der Waals surface area contributed by atoms with Gasteiger partial charge in [-0.1, -0.05) is 6.07 Å². The number of aryl methyl sites for hydroxylation is 1. The van der Waals surface area contributed by atoms with Crippen molar-refractivity contribution in [2.75, 3.05) is 11.9 Å². The fourth-order valence-corrected chi connectivity index (χ4v) is 2.71. The smallest absolute Gasteiger partial charge is 0.393 e. The van der Waals surface area contributed by atoms with Gasteiger partial charge in [0.1, 0.15) is 11.3 Å². The molecule has 3 aromatic rings. The number of nitrogens with zero attached hydrogens (tertiary/aromatic N) is 3. The Morgan fingerprint density at radius 2 is 1.69 bits per heavy atom. The van der Waals surface area contributed by atoms with E-state index in [0.717, 1.165) is 29.0 Å². The van der Waals surface area contributed by atoms with Gasteiger partial charge in [0.15, 0.2) is 0 Å². The van der Waals surface area contributed by atoms with E-state index in [-0.39, 0.29) is 5.95 Å². The zero-order chi connectivity index (χ0) is 21.2. The molecule has 0 aliphatic carbocycles. The van der Waals surface area contributed by atoms with Gasteiger partial charge in [-0.15, -0.1) is 0 Å². The minimum absolute atomic E-state index is 0.171. The molecule has 0 aliphatic heterocycles. The maximum atomic E-state index is 12.9. The minimum Gasteiger partial charge on any atom is -0.393 e. The molecule has 152 valence electrons. The lowest BCUT2D eigenvalue weighted by molar-refractivity contribution is -0.141. The molecule has 0 aliphatic rings. The highest BCUT2D eigenvalue weighted by Crippen LogP contribution is 2.30. The lowest BCUT2D eigenvalue weighted by Gasteiger charge is -2.20. The standard InChI is InChI=1S/C20H19F3N4O2/c1-12-7-14(13-3-5-24-17(10-13)19(2,29)11-28)9-15(8-12)26-18-25-6-4-16(27-18)20(21,22)23/h3-10,28-29H,11H2,1-2H3,(H,25,26,27). The first kappa shape index (κ1) is 20.7. The summed E-state index contributed by atoms with van der Waals surface area (Å²) in [4.78, 5) is 11.5. The average molecular weight is 404 g/mol. The molecule has 29 heavy (non-hydrogen) atoms. The number of benzene rings is 1. The number of hydrogen-bond donors (Lipinski definition) is 3. The highest BCUT2D eigenvalue weighted by atomic mass is 19.4. The summed E-state index contributed by atoms with van der Waals surface area (Å²) in [6.07, 6.45) is -2.00. The molecule has 2 aromatic heterocycles. The maximum Gasteiger partial charge on any atom is 0.433 e. The van der Waals surface area contributed by atoms with Crippen molar-refractivity contribution < 1.29 is 23.4 Å². The van der Waals surface area contributed by atoms with Crippen molar-refractivity contribution >= 4 is 11.6 Å². The third-order valence-electron chi connectivity index (χ3n) is 4.23. The number of aliphatic hydroxyl groups is 2. The van der Waals surface area contributed by atoms with Crippen molar-refractivity contribution in [2.24, 2.45) is 0 Å². The first-order valence-corrected chi connectivity index (χ1v) is 8.67. The molecule has 0 saturated heterocycles. The Morgan fingerprint density at radius 3 is 2.38 bits per heavy atom. The predicted octanol–water partition coefficient (Wildman–Crippen LogP) is 3.81. The van der Waals surface area contributed by atoms with Crippen LogP contribution in [0.3, 0.4) is 0 Å². The van der Waals surface area contributed by atoms with Crippen LogP contribution in [0.4, 0.5) is 24.8 Å². The molecule has 0 spiro atoms. The molecular formula is C20H19F3N4O2. The Labute approximate surface area is 165 Å². The molecule has 6 nitrogen and oxygen atoms in total. The minimum atomic E-state index is -4.56. The number of halogens is 3. The van der Waals surface area contributed by atoms with Crippen LogP contribution in [0.5, 0.6) is 0 Å². The predicted molar refractivity (Wildman–Crippen MR) is 101 cm³/mol. The van der Waals surface area contributed by atoms with Crippen LogP contribution in [0.15, 0.2) is 48.8 Å². The highest BCUT2D eigenvalue weighted by Gasteiger charge is 2.32. The van der Waals surface area contributed by atoms with Gasteiger partial charge in [0.25, 0.3) is 0 Å². The van der Waals surface area contributed by atoms with Gasteiger partial charge in [-0.05, 0) is 60.9 Å². The van der Waals surface area contributed by atoms with Crippen LogP contribution in [0.25, 0.3) is 11.1 Å². The monoisotopic (exact) mass is 404 g/mol. The number of hydrogen-bond acceptors (Lipinski definition) is 6. The van der Waals surface area contributed by atoms with Gasteiger partial charge in [-0.2, -0.15) is 13.2 Å². The van der Waals surface area contributed by atoms with Crippen molar-refractivity contribution in [1.29, 1.82) is 0 Å². The summed E-state index contributed by atoms with van der Waals surface area (Å²) in [5, 5.41) is 22.4. The number of rotatable bonds is 5. The van der Waals surface area contributed by atoms with E-state index in [1.54, 1.807) is 24.3 Å². The summed E-state index contributed by atoms with van der Waals surface area (Å²) in [6, 6.07) is 9.54. The van der Waals surface area contributed by atoms with E-state index >= 15 is 0 Å². The number of pyridine rings is 1. The van der Waals surface area contributed by atoms with Crippen molar-refractivity contribution in [3.8, 4) is 11.1 Å². The molecule has 0 fully saturated rings. The van der Waals surface area contributed by atoms with E-state index in [1.165, 1.54) is 13.1 Å². The van der Waals surface area contributed by atoms with Crippen molar-refractivity contribution in [3.63, 3.8) is 0 Å². The molecule has 0 amide bonds. The van der Waals surface area contributed by atoms with Crippen LogP contribution in [-0.2, 0) is 11.8 Å². The molecule has 2 heterocycles. The second-order valence-electron chi connectivity index (χ2n) is 6.84. The van der Waals surface area contributed by atoms with Crippen LogP contribution in [0, 0.1) is 6.92 Å². The summed E-state index contributed by atoms with van der Waals surface area (Å²) in [5.41, 5.74) is 0.600. The van der Waals surface area contributed by atoms with Gasteiger partial charge >= 0.3 is 6.18 Å². The van der Waals surface area contributed by atoms with Crippen LogP contribution < -0.4 is 5.32 Å². The number of aliphatic hydroxyl groups excluding tert-OH is 1. The maximum absolute atomic E-state index is 12.9. The molecule has 9 heteroatoms. The first-order chi connectivity index (χ1) is 13.6. The quantitative estimate of drug-likeness (QED) is 0.599. The van der Waals surface area contributed by atoms with Gasteiger partial charge < -0.3 is 15.5 Å². The Hall–Kier alpha value is -3.04. The summed E-state index contributed by atoms with van der Waals surface area (Å²) in [6.45, 7) is 2.80. The van der Waals surface area contributed by atoms with Crippen LogP contribution in [-0.4, -0.2) is 31.8 Å². The van der Waals surface area contributed by atoms with Crippen molar-refractivity contribution in [2.45, 2.75) is 25.6 Å². The number of anilines is 2. The van der Waals surface area contributed by atoms with E-state index in [1.807, 2.05) is 13.0 Å². The Bertz CT molecular complexity index is 1020. The molecule has 0 radical (unpaired) electrons. The van der Waals surface area contributed by atoms with Gasteiger partial charge in [0, 0.05) is 18.1 Å². The molecule has 1 unspecified atom stereocenters. The largest absolute Gasteiger partial charge is 0.433 e. The number of alkyl halides is 3. The lowest BCUT2D eigenvalue weighted by Crippen LogP contribution is -2.27. The lowest BCUT2D eigenvalue weighted by atomic mass is 9.97. The third-order valence-corrected chi connectivity index (χ3v) is 4.23. The molecule has 1 aromatic carbocycles. The van der Waals surface area contributed by atoms with Gasteiger partial charge in [0.2, 0.25) is 5.95 Å². The second-order valence-corrected chi connectivity index (χ2v) is 6.84. The molecule has 0 saturated carbocycles. The SMILES string of the molecule is Cc1cc(Nc2nccc(C(F)(F)F)n2)cc(-c2ccnc(C(C)(O)CO)c2)c1. The molecule has 3 rings (SSSR count). The summed E-state index contributed by atoms with van der Waals surface area (Å²) in [5.74, 6) is -0.171. The van der Waals surface area contributed by atoms with E-state index in [9.17, 15) is 23.4 Å². The van der Waals surface area contributed by atoms with E-state index in [2.05, 4.69) is 20.3 Å². The van der Waals surface area contributed by atoms with Crippen molar-refractivity contribution in [3.05, 3.63) is 65.7 Å². The highest BCUT2D eigenvalue weighted by molar-refractivity contribution is 5.71. The fourth-order valence-electron chi connectivity index (χ4n) is 2.71. The van der Waals surface area contributed by atoms with E-state index in [0.29, 0.717) is 11.4 Å². The van der Waals surface area contributed by atoms with Crippen molar-refractivity contribution in [1.82, 2.24) is 15.0 Å². The van der Waals surface area contributed by atoms with Gasteiger partial charge in [-0.3, -0.25) is 4.98 Å². The first-order valence-electron chi connectivity index (χ1n) is 8.67. The molecule has 0 bridgehead atoms. The zero-order valence-electron chi connectivity index (χ0n) is 15.7. The summed E-state index contributed by atoms with van der Waals surface area (Å²) in [7, 11) is 0. The van der Waals surface area contributed by atoms with Crippen LogP contribution in [0.1, 0.15) is 23.9 Å². The molecule has 3 N–H and O–H groups in total. The van der Waals surface area contributed by atoms with Crippen LogP contribution in [0.2, 0.25) is 0 Å².